The minimum Gasteiger partial charge on any atom is -0.444 e. The van der Waals surface area contributed by atoms with Crippen LogP contribution in [0.15, 0.2) is 72.8 Å². The highest BCUT2D eigenvalue weighted by Gasteiger charge is 2.27. The van der Waals surface area contributed by atoms with Crippen LogP contribution in [0.4, 0.5) is 14.5 Å². The molecule has 0 bridgehead atoms. The zero-order valence-electron chi connectivity index (χ0n) is 15.9. The average Bonchev–Trinajstić information content (AvgIpc) is 2.72. The lowest BCUT2D eigenvalue weighted by Gasteiger charge is -2.18. The van der Waals surface area contributed by atoms with E-state index in [1.807, 2.05) is 0 Å². The third kappa shape index (κ3) is 4.94. The Labute approximate surface area is 171 Å². The first-order valence-corrected chi connectivity index (χ1v) is 8.98. The molecule has 0 radical (unpaired) electrons. The second-order valence-corrected chi connectivity index (χ2v) is 6.45. The number of rotatable bonds is 6. The largest absolute Gasteiger partial charge is 0.444 e. The van der Waals surface area contributed by atoms with Gasteiger partial charge in [0, 0.05) is 22.9 Å². The molecule has 1 atom stereocenters. The first-order chi connectivity index (χ1) is 14.3. The van der Waals surface area contributed by atoms with E-state index in [1.165, 1.54) is 13.0 Å². The number of amides is 1. The molecular formula is C23H17F2NO4. The van der Waals surface area contributed by atoms with Crippen molar-refractivity contribution in [2.75, 3.05) is 5.32 Å². The van der Waals surface area contributed by atoms with Crippen LogP contribution in [0.3, 0.4) is 0 Å². The minimum absolute atomic E-state index is 0.177. The fourth-order valence-corrected chi connectivity index (χ4v) is 2.75. The molecule has 0 fully saturated rings. The standard InChI is InChI=1S/C23H17F2NO4/c1-14(27)16-8-5-9-18(12-16)26-22(28)21(15-6-3-2-4-7-15)30-23(29)19-11-10-17(24)13-20(19)25/h2-13,21H,1H3,(H,26,28). The van der Waals surface area contributed by atoms with E-state index < -0.39 is 35.2 Å². The van der Waals surface area contributed by atoms with Crippen molar-refractivity contribution in [3.05, 3.63) is 101 Å². The minimum atomic E-state index is -1.40. The summed E-state index contributed by atoms with van der Waals surface area (Å²) in [6.45, 7) is 1.40. The Kier molecular flexibility index (Phi) is 6.32. The fourth-order valence-electron chi connectivity index (χ4n) is 2.75. The average molecular weight is 409 g/mol. The molecule has 5 nitrogen and oxygen atoms in total. The topological polar surface area (TPSA) is 72.5 Å². The summed E-state index contributed by atoms with van der Waals surface area (Å²) in [6, 6.07) is 16.9. The van der Waals surface area contributed by atoms with Gasteiger partial charge in [0.15, 0.2) is 5.78 Å². The van der Waals surface area contributed by atoms with Crippen LogP contribution in [0.25, 0.3) is 0 Å². The van der Waals surface area contributed by atoms with Crippen LogP contribution in [0, 0.1) is 11.6 Å². The van der Waals surface area contributed by atoms with Crippen LogP contribution >= 0.6 is 0 Å². The van der Waals surface area contributed by atoms with E-state index in [4.69, 9.17) is 4.74 Å². The van der Waals surface area contributed by atoms with E-state index in [0.29, 0.717) is 22.9 Å². The Morgan fingerprint density at radius 2 is 1.63 bits per heavy atom. The van der Waals surface area contributed by atoms with Crippen molar-refractivity contribution in [3.8, 4) is 0 Å². The lowest BCUT2D eigenvalue weighted by Crippen LogP contribution is -2.26. The molecule has 0 spiro atoms. The van der Waals surface area contributed by atoms with Crippen LogP contribution in [-0.2, 0) is 9.53 Å². The summed E-state index contributed by atoms with van der Waals surface area (Å²) in [6.07, 6.45) is -1.40. The van der Waals surface area contributed by atoms with Crippen molar-refractivity contribution < 1.29 is 27.9 Å². The van der Waals surface area contributed by atoms with Crippen molar-refractivity contribution in [3.63, 3.8) is 0 Å². The molecule has 3 aromatic carbocycles. The Morgan fingerprint density at radius 3 is 2.30 bits per heavy atom. The van der Waals surface area contributed by atoms with Crippen LogP contribution < -0.4 is 5.32 Å². The number of Topliss-reactive ketones (excluding diaryl/α,β-unsaturated/α-hetero) is 1. The highest BCUT2D eigenvalue weighted by Crippen LogP contribution is 2.23. The Bertz CT molecular complexity index is 1100. The van der Waals surface area contributed by atoms with Crippen molar-refractivity contribution in [1.82, 2.24) is 0 Å². The van der Waals surface area contributed by atoms with Crippen LogP contribution in [0.5, 0.6) is 0 Å². The number of ketones is 1. The van der Waals surface area contributed by atoms with Crippen LogP contribution in [0.1, 0.15) is 39.3 Å². The third-order valence-electron chi connectivity index (χ3n) is 4.25. The molecule has 0 saturated carbocycles. The number of carbonyl (C=O) groups excluding carboxylic acids is 3. The van der Waals surface area contributed by atoms with Gasteiger partial charge in [-0.1, -0.05) is 42.5 Å². The lowest BCUT2D eigenvalue weighted by atomic mass is 10.1. The first-order valence-electron chi connectivity index (χ1n) is 8.98. The number of esters is 1. The molecule has 0 aliphatic carbocycles. The summed E-state index contributed by atoms with van der Waals surface area (Å²) in [7, 11) is 0. The van der Waals surface area contributed by atoms with Gasteiger partial charge in [0.25, 0.3) is 5.91 Å². The van der Waals surface area contributed by atoms with Crippen LogP contribution in [-0.4, -0.2) is 17.7 Å². The predicted molar refractivity (Wildman–Crippen MR) is 106 cm³/mol. The molecule has 7 heteroatoms. The lowest BCUT2D eigenvalue weighted by molar-refractivity contribution is -0.125. The highest BCUT2D eigenvalue weighted by atomic mass is 19.1. The van der Waals surface area contributed by atoms with Crippen LogP contribution in [0.2, 0.25) is 0 Å². The second kappa shape index (κ2) is 9.09. The molecule has 0 heterocycles. The predicted octanol–water partition coefficient (Wildman–Crippen LogP) is 4.70. The Hall–Kier alpha value is -3.87. The van der Waals surface area contributed by atoms with Crippen molar-refractivity contribution in [2.24, 2.45) is 0 Å². The third-order valence-corrected chi connectivity index (χ3v) is 4.25. The Morgan fingerprint density at radius 1 is 0.900 bits per heavy atom. The van der Waals surface area contributed by atoms with Crippen molar-refractivity contribution in [2.45, 2.75) is 13.0 Å². The summed E-state index contributed by atoms with van der Waals surface area (Å²) in [5.41, 5.74) is 0.587. The summed E-state index contributed by atoms with van der Waals surface area (Å²) in [4.78, 5) is 36.9. The highest BCUT2D eigenvalue weighted by molar-refractivity contribution is 6.00. The molecular weight excluding hydrogens is 392 g/mol. The van der Waals surface area contributed by atoms with Gasteiger partial charge in [-0.3, -0.25) is 9.59 Å². The van der Waals surface area contributed by atoms with E-state index in [1.54, 1.807) is 48.5 Å². The van der Waals surface area contributed by atoms with Gasteiger partial charge < -0.3 is 10.1 Å². The molecule has 30 heavy (non-hydrogen) atoms. The van der Waals surface area contributed by atoms with Gasteiger partial charge in [-0.25, -0.2) is 13.6 Å². The molecule has 0 saturated heterocycles. The molecule has 0 aliphatic heterocycles. The molecule has 3 aromatic rings. The zero-order chi connectivity index (χ0) is 21.7. The Balaban J connectivity index is 1.87. The van der Waals surface area contributed by atoms with Crippen molar-refractivity contribution in [1.29, 1.82) is 0 Å². The number of hydrogen-bond acceptors (Lipinski definition) is 4. The molecule has 3 rings (SSSR count). The summed E-state index contributed by atoms with van der Waals surface area (Å²) < 4.78 is 32.3. The number of nitrogens with one attached hydrogen (secondary N) is 1. The van der Waals surface area contributed by atoms with Gasteiger partial charge in [-0.05, 0) is 31.2 Å². The van der Waals surface area contributed by atoms with E-state index in [-0.39, 0.29) is 5.78 Å². The summed E-state index contributed by atoms with van der Waals surface area (Å²) >= 11 is 0. The van der Waals surface area contributed by atoms with E-state index in [0.717, 1.165) is 12.1 Å². The van der Waals surface area contributed by atoms with E-state index >= 15 is 0 Å². The number of hydrogen-bond donors (Lipinski definition) is 1. The summed E-state index contributed by atoms with van der Waals surface area (Å²) in [5, 5.41) is 2.59. The number of halogens is 2. The number of benzene rings is 3. The molecule has 152 valence electrons. The van der Waals surface area contributed by atoms with Gasteiger partial charge in [-0.15, -0.1) is 0 Å². The maximum absolute atomic E-state index is 13.9. The smallest absolute Gasteiger partial charge is 0.342 e. The zero-order valence-corrected chi connectivity index (χ0v) is 15.9. The molecule has 0 aliphatic rings. The SMILES string of the molecule is CC(=O)c1cccc(NC(=O)C(OC(=O)c2ccc(F)cc2F)c2ccccc2)c1. The monoisotopic (exact) mass is 409 g/mol. The molecule has 1 N–H and O–H groups in total. The van der Waals surface area contributed by atoms with Gasteiger partial charge in [0.2, 0.25) is 6.10 Å². The quantitative estimate of drug-likeness (QED) is 0.473. The fraction of sp³-hybridized carbons (Fsp3) is 0.0870. The van der Waals surface area contributed by atoms with Gasteiger partial charge in [0.05, 0.1) is 5.56 Å². The van der Waals surface area contributed by atoms with E-state index in [9.17, 15) is 23.2 Å². The molecule has 0 aromatic heterocycles. The number of carbonyl (C=O) groups is 3. The van der Waals surface area contributed by atoms with Gasteiger partial charge >= 0.3 is 5.97 Å². The number of ether oxygens (including phenoxy) is 1. The normalized spacial score (nSPS) is 11.4. The molecule has 1 unspecified atom stereocenters. The van der Waals surface area contributed by atoms with E-state index in [2.05, 4.69) is 5.32 Å². The maximum Gasteiger partial charge on any atom is 0.342 e. The van der Waals surface area contributed by atoms with Gasteiger partial charge in [0.1, 0.15) is 11.6 Å². The first kappa shape index (κ1) is 20.9. The van der Waals surface area contributed by atoms with Crippen molar-refractivity contribution >= 4 is 23.3 Å². The molecule has 1 amide bonds. The maximum atomic E-state index is 13.9. The summed E-state index contributed by atoms with van der Waals surface area (Å²) in [5.74, 6) is -3.93. The number of anilines is 1. The van der Waals surface area contributed by atoms with Gasteiger partial charge in [-0.2, -0.15) is 0 Å². The second-order valence-electron chi connectivity index (χ2n) is 6.45.